The predicted octanol–water partition coefficient (Wildman–Crippen LogP) is -1.67. The molecule has 0 aliphatic carbocycles. The van der Waals surface area contributed by atoms with Crippen molar-refractivity contribution in [3.8, 4) is 0 Å². The lowest BCUT2D eigenvalue weighted by Gasteiger charge is -2.13. The summed E-state index contributed by atoms with van der Waals surface area (Å²) in [6.45, 7) is 1.62. The van der Waals surface area contributed by atoms with Crippen LogP contribution < -0.4 is 10.9 Å². The molecule has 0 aromatic carbocycles. The Morgan fingerprint density at radius 1 is 1.60 bits per heavy atom. The highest BCUT2D eigenvalue weighted by Gasteiger charge is 2.23. The van der Waals surface area contributed by atoms with Crippen molar-refractivity contribution in [2.24, 2.45) is 10.9 Å². The lowest BCUT2D eigenvalue weighted by molar-refractivity contribution is 0.165. The van der Waals surface area contributed by atoms with Gasteiger partial charge >= 0.3 is 0 Å². The van der Waals surface area contributed by atoms with Gasteiger partial charge in [-0.25, -0.2) is 13.6 Å². The maximum absolute atomic E-state index is 10.4. The zero-order valence-electron chi connectivity index (χ0n) is 5.69. The Bertz CT molecular complexity index is 189. The molecule has 0 fully saturated rings. The van der Waals surface area contributed by atoms with Gasteiger partial charge in [-0.05, 0) is 6.42 Å². The molecule has 2 unspecified atom stereocenters. The van der Waals surface area contributed by atoms with Gasteiger partial charge in [0.25, 0.3) is 0 Å². The van der Waals surface area contributed by atoms with E-state index in [9.17, 15) is 8.42 Å². The van der Waals surface area contributed by atoms with E-state index in [2.05, 4.69) is 5.14 Å². The van der Waals surface area contributed by atoms with Crippen LogP contribution in [0.1, 0.15) is 13.3 Å². The molecule has 0 aliphatic rings. The topological polar surface area (TPSA) is 106 Å². The number of aliphatic hydroxyl groups is 1. The first-order valence-corrected chi connectivity index (χ1v) is 4.45. The van der Waals surface area contributed by atoms with Gasteiger partial charge in [0.1, 0.15) is 5.37 Å². The first-order valence-electron chi connectivity index (χ1n) is 2.84. The minimum atomic E-state index is -3.79. The Kier molecular flexibility index (Phi) is 3.23. The minimum Gasteiger partial charge on any atom is -0.390 e. The molecule has 5 N–H and O–H groups in total. The van der Waals surface area contributed by atoms with Gasteiger partial charge in [-0.3, -0.25) is 0 Å². The van der Waals surface area contributed by atoms with E-state index < -0.39 is 21.5 Å². The molecule has 0 saturated heterocycles. The predicted molar refractivity (Wildman–Crippen MR) is 37.4 cm³/mol. The van der Waals surface area contributed by atoms with Crippen molar-refractivity contribution in [1.29, 1.82) is 0 Å². The van der Waals surface area contributed by atoms with Crippen LogP contribution in [0.5, 0.6) is 0 Å². The quantitative estimate of drug-likeness (QED) is 0.468. The van der Waals surface area contributed by atoms with E-state index in [4.69, 9.17) is 10.8 Å². The average molecular weight is 168 g/mol. The highest BCUT2D eigenvalue weighted by molar-refractivity contribution is 7.89. The summed E-state index contributed by atoms with van der Waals surface area (Å²) in [5.74, 6) is 0. The molecule has 0 spiro atoms. The van der Waals surface area contributed by atoms with Crippen molar-refractivity contribution < 1.29 is 13.5 Å². The van der Waals surface area contributed by atoms with Crippen LogP contribution in [0.25, 0.3) is 0 Å². The standard InChI is InChI=1S/C4H12N2O3S/c1-2-3(7)4(5)10(6,8)9/h3-4,7H,2,5H2,1H3,(H2,6,8,9). The fraction of sp³-hybridized carbons (Fsp3) is 1.00. The van der Waals surface area contributed by atoms with Crippen LogP contribution in [-0.2, 0) is 10.0 Å². The van der Waals surface area contributed by atoms with Crippen LogP contribution in [0.4, 0.5) is 0 Å². The Morgan fingerprint density at radius 2 is 2.00 bits per heavy atom. The molecule has 6 heteroatoms. The smallest absolute Gasteiger partial charge is 0.227 e. The number of rotatable bonds is 3. The summed E-state index contributed by atoms with van der Waals surface area (Å²) in [6, 6.07) is 0. The lowest BCUT2D eigenvalue weighted by Crippen LogP contribution is -2.45. The van der Waals surface area contributed by atoms with Gasteiger partial charge in [0.2, 0.25) is 10.0 Å². The second-order valence-corrected chi connectivity index (χ2v) is 3.75. The number of hydrogen-bond acceptors (Lipinski definition) is 4. The Balaban J connectivity index is 4.23. The monoisotopic (exact) mass is 168 g/mol. The largest absolute Gasteiger partial charge is 0.390 e. The number of nitrogens with two attached hydrogens (primary N) is 2. The Hall–Kier alpha value is -0.170. The molecule has 0 aromatic heterocycles. The molecule has 0 heterocycles. The highest BCUT2D eigenvalue weighted by Crippen LogP contribution is 1.98. The normalized spacial score (nSPS) is 18.4. The summed E-state index contributed by atoms with van der Waals surface area (Å²) in [6.07, 6.45) is -0.799. The zero-order valence-corrected chi connectivity index (χ0v) is 6.50. The van der Waals surface area contributed by atoms with Crippen LogP contribution in [0, 0.1) is 0 Å². The molecule has 0 saturated carbocycles. The molecular formula is C4H12N2O3S. The number of primary sulfonamides is 1. The number of sulfonamides is 1. The molecule has 5 nitrogen and oxygen atoms in total. The zero-order chi connectivity index (χ0) is 8.36. The Morgan fingerprint density at radius 3 is 2.10 bits per heavy atom. The van der Waals surface area contributed by atoms with Crippen LogP contribution in [0.15, 0.2) is 0 Å². The summed E-state index contributed by atoms with van der Waals surface area (Å²) < 4.78 is 20.8. The molecule has 0 aromatic rings. The fourth-order valence-corrected chi connectivity index (χ4v) is 1.08. The summed E-state index contributed by atoms with van der Waals surface area (Å²) in [5.41, 5.74) is 5.04. The molecule has 0 bridgehead atoms. The SMILES string of the molecule is CCC(O)C(N)S(N)(=O)=O. The van der Waals surface area contributed by atoms with Gasteiger partial charge in [0, 0.05) is 0 Å². The number of aliphatic hydroxyl groups excluding tert-OH is 1. The van der Waals surface area contributed by atoms with Gasteiger partial charge in [-0.2, -0.15) is 0 Å². The minimum absolute atomic E-state index is 0.275. The van der Waals surface area contributed by atoms with Crippen LogP contribution in [0.3, 0.4) is 0 Å². The van der Waals surface area contributed by atoms with Crippen LogP contribution in [-0.4, -0.2) is 25.0 Å². The van der Waals surface area contributed by atoms with Crippen molar-refractivity contribution in [2.45, 2.75) is 24.8 Å². The maximum Gasteiger partial charge on any atom is 0.227 e. The Labute approximate surface area is 60.1 Å². The second-order valence-electron chi connectivity index (χ2n) is 2.03. The van der Waals surface area contributed by atoms with Gasteiger partial charge in [-0.1, -0.05) is 6.92 Å². The lowest BCUT2D eigenvalue weighted by atomic mass is 10.3. The average Bonchev–Trinajstić information content (AvgIpc) is 1.83. The fourth-order valence-electron chi connectivity index (χ4n) is 0.451. The summed E-state index contributed by atoms with van der Waals surface area (Å²) in [7, 11) is -3.79. The molecule has 0 aliphatic heterocycles. The van der Waals surface area contributed by atoms with Gasteiger partial charge < -0.3 is 10.8 Å². The molecule has 0 amide bonds. The third kappa shape index (κ3) is 2.61. The van der Waals surface area contributed by atoms with Crippen molar-refractivity contribution >= 4 is 10.0 Å². The van der Waals surface area contributed by atoms with Gasteiger partial charge in [-0.15, -0.1) is 0 Å². The van der Waals surface area contributed by atoms with E-state index in [0.29, 0.717) is 0 Å². The first-order chi connectivity index (χ1) is 4.39. The van der Waals surface area contributed by atoms with Crippen molar-refractivity contribution in [1.82, 2.24) is 0 Å². The second kappa shape index (κ2) is 3.29. The molecule has 62 valence electrons. The molecule has 2 atom stereocenters. The third-order valence-electron chi connectivity index (χ3n) is 1.18. The molecule has 10 heavy (non-hydrogen) atoms. The molecule has 0 rings (SSSR count). The van der Waals surface area contributed by atoms with E-state index in [1.54, 1.807) is 6.92 Å². The molecular weight excluding hydrogens is 156 g/mol. The summed E-state index contributed by atoms with van der Waals surface area (Å²) >= 11 is 0. The van der Waals surface area contributed by atoms with E-state index in [1.165, 1.54) is 0 Å². The van der Waals surface area contributed by atoms with Gasteiger partial charge in [0.15, 0.2) is 0 Å². The maximum atomic E-state index is 10.4. The van der Waals surface area contributed by atoms with E-state index in [-0.39, 0.29) is 6.42 Å². The van der Waals surface area contributed by atoms with Crippen molar-refractivity contribution in [2.75, 3.05) is 0 Å². The van der Waals surface area contributed by atoms with Crippen molar-refractivity contribution in [3.63, 3.8) is 0 Å². The van der Waals surface area contributed by atoms with Gasteiger partial charge in [0.05, 0.1) is 6.10 Å². The first kappa shape index (κ1) is 9.83. The summed E-state index contributed by atoms with van der Waals surface area (Å²) in [4.78, 5) is 0. The van der Waals surface area contributed by atoms with E-state index in [1.807, 2.05) is 0 Å². The number of hydrogen-bond donors (Lipinski definition) is 3. The third-order valence-corrected chi connectivity index (χ3v) is 2.25. The molecule has 0 radical (unpaired) electrons. The van der Waals surface area contributed by atoms with Crippen LogP contribution >= 0.6 is 0 Å². The van der Waals surface area contributed by atoms with E-state index in [0.717, 1.165) is 0 Å². The van der Waals surface area contributed by atoms with Crippen molar-refractivity contribution in [3.05, 3.63) is 0 Å². The summed E-state index contributed by atoms with van der Waals surface area (Å²) in [5, 5.41) is 12.2. The van der Waals surface area contributed by atoms with E-state index >= 15 is 0 Å². The van der Waals surface area contributed by atoms with Crippen LogP contribution in [0.2, 0.25) is 0 Å². The highest BCUT2D eigenvalue weighted by atomic mass is 32.2.